The van der Waals surface area contributed by atoms with Crippen LogP contribution in [0, 0.1) is 0 Å². The molecule has 0 saturated carbocycles. The molecule has 2 amide bonds. The number of likely N-dealkylation sites (tertiary alicyclic amines) is 1. The highest BCUT2D eigenvalue weighted by atomic mass is 16.5. The second kappa shape index (κ2) is 8.68. The minimum absolute atomic E-state index is 0.0109. The monoisotopic (exact) mass is 333 g/mol. The molecule has 1 saturated heterocycles. The summed E-state index contributed by atoms with van der Waals surface area (Å²) in [4.78, 5) is 27.0. The molecular formula is C18H27N3O3. The van der Waals surface area contributed by atoms with E-state index in [1.165, 1.54) is 0 Å². The third kappa shape index (κ3) is 4.06. The smallest absolute Gasteiger partial charge is 0.241 e. The van der Waals surface area contributed by atoms with Crippen molar-refractivity contribution >= 4 is 11.8 Å². The Labute approximate surface area is 143 Å². The van der Waals surface area contributed by atoms with Crippen molar-refractivity contribution in [3.8, 4) is 5.75 Å². The summed E-state index contributed by atoms with van der Waals surface area (Å²) < 4.78 is 5.19. The predicted octanol–water partition coefficient (Wildman–Crippen LogP) is 1.47. The lowest BCUT2D eigenvalue weighted by molar-refractivity contribution is -0.131. The van der Waals surface area contributed by atoms with Crippen LogP contribution in [0.2, 0.25) is 0 Å². The van der Waals surface area contributed by atoms with Crippen LogP contribution in [0.4, 0.5) is 0 Å². The van der Waals surface area contributed by atoms with Crippen LogP contribution < -0.4 is 15.4 Å². The van der Waals surface area contributed by atoms with Crippen molar-refractivity contribution in [2.75, 3.05) is 27.2 Å². The van der Waals surface area contributed by atoms with Crippen LogP contribution in [0.15, 0.2) is 24.3 Å². The van der Waals surface area contributed by atoms with Crippen molar-refractivity contribution in [2.45, 2.75) is 38.3 Å². The topological polar surface area (TPSA) is 70.7 Å². The Kier molecular flexibility index (Phi) is 6.61. The molecule has 0 spiro atoms. The molecule has 1 aromatic rings. The number of carbonyl (C=O) groups is 2. The molecule has 0 bridgehead atoms. The lowest BCUT2D eigenvalue weighted by Gasteiger charge is -2.31. The van der Waals surface area contributed by atoms with Crippen LogP contribution in [0.1, 0.15) is 37.8 Å². The summed E-state index contributed by atoms with van der Waals surface area (Å²) >= 11 is 0. The highest BCUT2D eigenvalue weighted by Gasteiger charge is 2.38. The first-order valence-corrected chi connectivity index (χ1v) is 8.51. The van der Waals surface area contributed by atoms with Crippen molar-refractivity contribution < 1.29 is 14.3 Å². The number of hydrogen-bond acceptors (Lipinski definition) is 4. The number of nitrogens with zero attached hydrogens (tertiary/aromatic N) is 1. The number of nitrogens with one attached hydrogen (secondary N) is 2. The van der Waals surface area contributed by atoms with Gasteiger partial charge in [-0.3, -0.25) is 14.5 Å². The van der Waals surface area contributed by atoms with E-state index in [1.54, 1.807) is 14.2 Å². The van der Waals surface area contributed by atoms with Crippen LogP contribution in [0.3, 0.4) is 0 Å². The van der Waals surface area contributed by atoms with Gasteiger partial charge in [0.05, 0.1) is 13.2 Å². The second-order valence-electron chi connectivity index (χ2n) is 5.98. The van der Waals surface area contributed by atoms with E-state index < -0.39 is 6.04 Å². The Morgan fingerprint density at radius 2 is 2.04 bits per heavy atom. The van der Waals surface area contributed by atoms with E-state index in [4.69, 9.17) is 4.74 Å². The summed E-state index contributed by atoms with van der Waals surface area (Å²) in [5.74, 6) is 0.653. The van der Waals surface area contributed by atoms with Gasteiger partial charge in [0.25, 0.3) is 0 Å². The van der Waals surface area contributed by atoms with Gasteiger partial charge in [0.2, 0.25) is 11.8 Å². The maximum atomic E-state index is 12.5. The maximum absolute atomic E-state index is 12.5. The molecule has 1 aromatic carbocycles. The average Bonchev–Trinajstić information content (AvgIpc) is 3.09. The minimum atomic E-state index is -0.471. The van der Waals surface area contributed by atoms with E-state index in [0.29, 0.717) is 6.54 Å². The highest BCUT2D eigenvalue weighted by molar-refractivity contribution is 5.86. The van der Waals surface area contributed by atoms with Gasteiger partial charge >= 0.3 is 0 Å². The third-order valence-electron chi connectivity index (χ3n) is 4.40. The maximum Gasteiger partial charge on any atom is 0.241 e. The van der Waals surface area contributed by atoms with E-state index in [9.17, 15) is 9.59 Å². The fourth-order valence-corrected chi connectivity index (χ4v) is 3.16. The van der Waals surface area contributed by atoms with E-state index in [2.05, 4.69) is 10.6 Å². The van der Waals surface area contributed by atoms with Crippen molar-refractivity contribution in [1.82, 2.24) is 15.5 Å². The SMILES string of the molecule is CCCNC(=O)C1CCCN1C(C(=O)NC)c1ccc(OC)cc1. The predicted molar refractivity (Wildman–Crippen MR) is 92.8 cm³/mol. The molecule has 0 radical (unpaired) electrons. The fraction of sp³-hybridized carbons (Fsp3) is 0.556. The Bertz CT molecular complexity index is 559. The van der Waals surface area contributed by atoms with Crippen LogP contribution >= 0.6 is 0 Å². The normalized spacial score (nSPS) is 18.9. The zero-order chi connectivity index (χ0) is 17.5. The second-order valence-corrected chi connectivity index (χ2v) is 5.98. The number of ether oxygens (including phenoxy) is 1. The molecule has 24 heavy (non-hydrogen) atoms. The number of hydrogen-bond donors (Lipinski definition) is 2. The Balaban J connectivity index is 2.25. The number of benzene rings is 1. The van der Waals surface area contributed by atoms with Crippen LogP contribution in [0.25, 0.3) is 0 Å². The van der Waals surface area contributed by atoms with Crippen molar-refractivity contribution in [3.05, 3.63) is 29.8 Å². The van der Waals surface area contributed by atoms with Gasteiger partial charge in [-0.05, 0) is 37.0 Å². The molecule has 1 heterocycles. The van der Waals surface area contributed by atoms with Crippen LogP contribution in [-0.2, 0) is 9.59 Å². The molecule has 132 valence electrons. The zero-order valence-electron chi connectivity index (χ0n) is 14.7. The van der Waals surface area contributed by atoms with E-state index in [1.807, 2.05) is 36.1 Å². The van der Waals surface area contributed by atoms with Gasteiger partial charge in [-0.15, -0.1) is 0 Å². The standard InChI is InChI=1S/C18H27N3O3/c1-4-11-20-17(22)15-6-5-12-21(15)16(18(23)19-2)13-7-9-14(24-3)10-8-13/h7-10,15-16H,4-6,11-12H2,1-3H3,(H,19,23)(H,20,22). The Hall–Kier alpha value is -2.08. The van der Waals surface area contributed by atoms with E-state index in [0.717, 1.165) is 37.1 Å². The lowest BCUT2D eigenvalue weighted by Crippen LogP contribution is -2.48. The zero-order valence-corrected chi connectivity index (χ0v) is 14.7. The molecule has 6 nitrogen and oxygen atoms in total. The molecule has 0 aromatic heterocycles. The largest absolute Gasteiger partial charge is 0.497 e. The molecule has 2 unspecified atom stereocenters. The van der Waals surface area contributed by atoms with Crippen LogP contribution in [-0.4, -0.2) is 50.0 Å². The molecule has 1 aliphatic heterocycles. The van der Waals surface area contributed by atoms with Gasteiger partial charge in [-0.2, -0.15) is 0 Å². The highest BCUT2D eigenvalue weighted by Crippen LogP contribution is 2.30. The van der Waals surface area contributed by atoms with Gasteiger partial charge in [0.15, 0.2) is 0 Å². The van der Waals surface area contributed by atoms with E-state index >= 15 is 0 Å². The summed E-state index contributed by atoms with van der Waals surface area (Å²) in [5, 5.41) is 5.68. The van der Waals surface area contributed by atoms with Gasteiger partial charge in [-0.1, -0.05) is 19.1 Å². The third-order valence-corrected chi connectivity index (χ3v) is 4.40. The first-order chi connectivity index (χ1) is 11.6. The molecule has 2 rings (SSSR count). The number of amides is 2. The number of rotatable bonds is 7. The Morgan fingerprint density at radius 3 is 2.62 bits per heavy atom. The summed E-state index contributed by atoms with van der Waals surface area (Å²) in [6.07, 6.45) is 2.59. The first kappa shape index (κ1) is 18.3. The number of carbonyl (C=O) groups excluding carboxylic acids is 2. The van der Waals surface area contributed by atoms with Gasteiger partial charge in [-0.25, -0.2) is 0 Å². The molecule has 1 aliphatic rings. The van der Waals surface area contributed by atoms with E-state index in [-0.39, 0.29) is 17.9 Å². The molecule has 0 aliphatic carbocycles. The fourth-order valence-electron chi connectivity index (χ4n) is 3.16. The quantitative estimate of drug-likeness (QED) is 0.793. The van der Waals surface area contributed by atoms with Crippen molar-refractivity contribution in [3.63, 3.8) is 0 Å². The van der Waals surface area contributed by atoms with Gasteiger partial charge < -0.3 is 15.4 Å². The average molecular weight is 333 g/mol. The van der Waals surface area contributed by atoms with Crippen LogP contribution in [0.5, 0.6) is 5.75 Å². The van der Waals surface area contributed by atoms with Crippen molar-refractivity contribution in [2.24, 2.45) is 0 Å². The minimum Gasteiger partial charge on any atom is -0.497 e. The molecular weight excluding hydrogens is 306 g/mol. The molecule has 1 fully saturated rings. The lowest BCUT2D eigenvalue weighted by atomic mass is 10.0. The summed E-state index contributed by atoms with van der Waals surface area (Å²) in [6, 6.07) is 6.72. The number of methoxy groups -OCH3 is 1. The first-order valence-electron chi connectivity index (χ1n) is 8.51. The summed E-state index contributed by atoms with van der Waals surface area (Å²) in [6.45, 7) is 3.42. The summed E-state index contributed by atoms with van der Waals surface area (Å²) in [5.41, 5.74) is 0.866. The van der Waals surface area contributed by atoms with Crippen molar-refractivity contribution in [1.29, 1.82) is 0 Å². The number of likely N-dealkylation sites (N-methyl/N-ethyl adjacent to an activating group) is 1. The summed E-state index contributed by atoms with van der Waals surface area (Å²) in [7, 11) is 3.24. The van der Waals surface area contributed by atoms with Gasteiger partial charge in [0.1, 0.15) is 11.8 Å². The molecule has 2 N–H and O–H groups in total. The molecule has 6 heteroatoms. The van der Waals surface area contributed by atoms with Gasteiger partial charge in [0, 0.05) is 20.1 Å². The molecule has 2 atom stereocenters. The Morgan fingerprint density at radius 1 is 1.33 bits per heavy atom.